The molecule has 2 aromatic carbocycles. The van der Waals surface area contributed by atoms with Crippen LogP contribution in [-0.2, 0) is 10.0 Å². The van der Waals surface area contributed by atoms with E-state index in [0.717, 1.165) is 5.56 Å². The Morgan fingerprint density at radius 1 is 1.00 bits per heavy atom. The van der Waals surface area contributed by atoms with Gasteiger partial charge in [-0.1, -0.05) is 42.0 Å². The van der Waals surface area contributed by atoms with E-state index in [1.165, 1.54) is 6.08 Å². The molecule has 0 saturated heterocycles. The lowest BCUT2D eigenvalue weighted by atomic mass is 9.94. The predicted octanol–water partition coefficient (Wildman–Crippen LogP) is 3.96. The van der Waals surface area contributed by atoms with Gasteiger partial charge in [-0.15, -0.1) is 0 Å². The first-order valence-corrected chi connectivity index (χ1v) is 9.46. The van der Waals surface area contributed by atoms with Crippen molar-refractivity contribution in [2.75, 3.05) is 0 Å². The lowest BCUT2D eigenvalue weighted by molar-refractivity contribution is 0.104. The fourth-order valence-electron chi connectivity index (χ4n) is 2.64. The summed E-state index contributed by atoms with van der Waals surface area (Å²) in [5, 5.41) is 0. The Bertz CT molecular complexity index is 1020. The minimum Gasteiger partial charge on any atom is -0.288 e. The summed E-state index contributed by atoms with van der Waals surface area (Å²) in [5.74, 6) is -0.187. The van der Waals surface area contributed by atoms with Gasteiger partial charge in [0.25, 0.3) is 10.0 Å². The molecule has 1 aliphatic rings. The molecule has 0 aromatic heterocycles. The molecule has 0 amide bonds. The molecule has 24 heavy (non-hydrogen) atoms. The fraction of sp³-hybridized carbons (Fsp3) is 0.111. The number of carbonyl (C=O) groups excluding carboxylic acids is 1. The third kappa shape index (κ3) is 2.99. The maximum absolute atomic E-state index is 12.7. The van der Waals surface area contributed by atoms with Crippen LogP contribution >= 0.6 is 15.9 Å². The SMILES string of the molecule is Cc1ccc(S(=O)(=O)N=C2C=C(Br)C(=O)c3ccccc32)c(C)c1. The number of nitrogens with zero attached hydrogens (tertiary/aromatic N) is 1. The van der Waals surface area contributed by atoms with Gasteiger partial charge >= 0.3 is 0 Å². The van der Waals surface area contributed by atoms with E-state index in [1.807, 2.05) is 6.92 Å². The number of benzene rings is 2. The van der Waals surface area contributed by atoms with Crippen molar-refractivity contribution in [1.29, 1.82) is 0 Å². The van der Waals surface area contributed by atoms with Gasteiger partial charge in [0.1, 0.15) is 0 Å². The van der Waals surface area contributed by atoms with Gasteiger partial charge in [-0.05, 0) is 47.5 Å². The molecule has 2 aromatic rings. The van der Waals surface area contributed by atoms with E-state index in [0.29, 0.717) is 16.7 Å². The van der Waals surface area contributed by atoms with Crippen LogP contribution in [-0.4, -0.2) is 19.9 Å². The average Bonchev–Trinajstić information content (AvgIpc) is 2.51. The minimum absolute atomic E-state index is 0.166. The molecule has 0 aliphatic heterocycles. The molecule has 0 radical (unpaired) electrons. The lowest BCUT2D eigenvalue weighted by Gasteiger charge is -2.14. The van der Waals surface area contributed by atoms with E-state index in [2.05, 4.69) is 20.3 Å². The van der Waals surface area contributed by atoms with Gasteiger partial charge in [-0.3, -0.25) is 4.79 Å². The normalized spacial score (nSPS) is 16.0. The maximum Gasteiger partial charge on any atom is 0.283 e. The summed E-state index contributed by atoms with van der Waals surface area (Å²) in [6.07, 6.45) is 1.45. The van der Waals surface area contributed by atoms with E-state index in [-0.39, 0.29) is 20.9 Å². The fourth-order valence-corrected chi connectivity index (χ4v) is 4.28. The third-order valence-electron chi connectivity index (χ3n) is 3.75. The Hall–Kier alpha value is -2.05. The summed E-state index contributed by atoms with van der Waals surface area (Å²) < 4.78 is 29.7. The average molecular weight is 404 g/mol. The Morgan fingerprint density at radius 2 is 1.67 bits per heavy atom. The molecular weight excluding hydrogens is 390 g/mol. The molecule has 1 aliphatic carbocycles. The van der Waals surface area contributed by atoms with Gasteiger partial charge in [-0.2, -0.15) is 12.8 Å². The number of ketones is 1. The van der Waals surface area contributed by atoms with E-state index in [4.69, 9.17) is 0 Å². The minimum atomic E-state index is -3.88. The first-order valence-electron chi connectivity index (χ1n) is 7.23. The molecule has 122 valence electrons. The van der Waals surface area contributed by atoms with E-state index in [9.17, 15) is 13.2 Å². The molecule has 0 heterocycles. The van der Waals surface area contributed by atoms with Gasteiger partial charge in [0.05, 0.1) is 15.1 Å². The van der Waals surface area contributed by atoms with Crippen LogP contribution in [0.5, 0.6) is 0 Å². The first-order chi connectivity index (χ1) is 11.3. The van der Waals surface area contributed by atoms with Crippen molar-refractivity contribution >= 4 is 37.4 Å². The highest BCUT2D eigenvalue weighted by molar-refractivity contribution is 9.12. The van der Waals surface area contributed by atoms with Crippen LogP contribution in [0.4, 0.5) is 0 Å². The zero-order valence-corrected chi connectivity index (χ0v) is 15.5. The van der Waals surface area contributed by atoms with Crippen molar-refractivity contribution in [2.45, 2.75) is 18.7 Å². The van der Waals surface area contributed by atoms with Gasteiger partial charge in [-0.25, -0.2) is 0 Å². The monoisotopic (exact) mass is 403 g/mol. The Morgan fingerprint density at radius 3 is 2.33 bits per heavy atom. The Kier molecular flexibility index (Phi) is 4.27. The molecule has 0 N–H and O–H groups in total. The van der Waals surface area contributed by atoms with Crippen molar-refractivity contribution in [2.24, 2.45) is 4.40 Å². The number of rotatable bonds is 2. The van der Waals surface area contributed by atoms with Crippen molar-refractivity contribution in [3.05, 3.63) is 75.3 Å². The van der Waals surface area contributed by atoms with Crippen molar-refractivity contribution in [3.63, 3.8) is 0 Å². The van der Waals surface area contributed by atoms with Gasteiger partial charge in [0.2, 0.25) is 5.78 Å². The van der Waals surface area contributed by atoms with Crippen LogP contribution < -0.4 is 0 Å². The van der Waals surface area contributed by atoms with Gasteiger partial charge in [0, 0.05) is 11.1 Å². The zero-order valence-electron chi connectivity index (χ0n) is 13.1. The molecule has 0 bridgehead atoms. The summed E-state index contributed by atoms with van der Waals surface area (Å²) in [5.41, 5.74) is 2.82. The van der Waals surface area contributed by atoms with Crippen molar-refractivity contribution in [3.8, 4) is 0 Å². The van der Waals surface area contributed by atoms with Gasteiger partial charge < -0.3 is 0 Å². The first kappa shape index (κ1) is 16.8. The van der Waals surface area contributed by atoms with E-state index >= 15 is 0 Å². The second kappa shape index (κ2) is 6.11. The van der Waals surface area contributed by atoms with Crippen LogP contribution in [0.3, 0.4) is 0 Å². The molecule has 0 atom stereocenters. The summed E-state index contributed by atoms with van der Waals surface area (Å²) >= 11 is 3.19. The molecule has 4 nitrogen and oxygen atoms in total. The Balaban J connectivity index is 2.18. The maximum atomic E-state index is 12.7. The number of halogens is 1. The predicted molar refractivity (Wildman–Crippen MR) is 97.4 cm³/mol. The largest absolute Gasteiger partial charge is 0.288 e. The number of carbonyl (C=O) groups is 1. The number of aryl methyl sites for hydroxylation is 2. The van der Waals surface area contributed by atoms with Crippen LogP contribution in [0, 0.1) is 13.8 Å². The number of allylic oxidation sites excluding steroid dienone is 2. The van der Waals surface area contributed by atoms with Gasteiger partial charge in [0.15, 0.2) is 0 Å². The van der Waals surface area contributed by atoms with E-state index < -0.39 is 10.0 Å². The molecule has 0 fully saturated rings. The molecule has 3 rings (SSSR count). The topological polar surface area (TPSA) is 63.6 Å². The number of Topliss-reactive ketones (excluding diaryl/α,β-unsaturated/α-hetero) is 1. The zero-order chi connectivity index (χ0) is 17.5. The molecule has 6 heteroatoms. The second-order valence-corrected chi connectivity index (χ2v) is 8.01. The quantitative estimate of drug-likeness (QED) is 0.761. The summed E-state index contributed by atoms with van der Waals surface area (Å²) in [6, 6.07) is 11.9. The summed E-state index contributed by atoms with van der Waals surface area (Å²) in [4.78, 5) is 12.3. The highest BCUT2D eigenvalue weighted by Crippen LogP contribution is 2.27. The van der Waals surface area contributed by atoms with Crippen LogP contribution in [0.15, 0.2) is 62.3 Å². The van der Waals surface area contributed by atoms with Crippen LogP contribution in [0.25, 0.3) is 0 Å². The smallest absolute Gasteiger partial charge is 0.283 e. The molecule has 0 spiro atoms. The van der Waals surface area contributed by atoms with E-state index in [1.54, 1.807) is 49.4 Å². The van der Waals surface area contributed by atoms with Crippen molar-refractivity contribution in [1.82, 2.24) is 0 Å². The molecular formula is C18H14BrNO3S. The second-order valence-electron chi connectivity index (χ2n) is 5.59. The number of hydrogen-bond acceptors (Lipinski definition) is 3. The summed E-state index contributed by atoms with van der Waals surface area (Å²) in [6.45, 7) is 3.64. The highest BCUT2D eigenvalue weighted by Gasteiger charge is 2.25. The van der Waals surface area contributed by atoms with Crippen LogP contribution in [0.1, 0.15) is 27.0 Å². The highest BCUT2D eigenvalue weighted by atomic mass is 79.9. The number of hydrogen-bond donors (Lipinski definition) is 0. The number of fused-ring (bicyclic) bond motifs is 1. The molecule has 0 unspecified atom stereocenters. The third-order valence-corrected chi connectivity index (χ3v) is 5.79. The number of sulfonamides is 1. The molecule has 0 saturated carbocycles. The lowest BCUT2D eigenvalue weighted by Crippen LogP contribution is -2.16. The summed E-state index contributed by atoms with van der Waals surface area (Å²) in [7, 11) is -3.88. The Labute approximate surface area is 149 Å². The van der Waals surface area contributed by atoms with Crippen LogP contribution in [0.2, 0.25) is 0 Å². The van der Waals surface area contributed by atoms with Crippen molar-refractivity contribution < 1.29 is 13.2 Å². The standard InChI is InChI=1S/C18H14BrNO3S/c1-11-7-8-17(12(2)9-11)24(22,23)20-16-10-15(19)18(21)14-6-4-3-5-13(14)16/h3-10H,1-2H3.